The van der Waals surface area contributed by atoms with Crippen molar-refractivity contribution in [3.8, 4) is 0 Å². The first-order valence-electron chi connectivity index (χ1n) is 5.47. The van der Waals surface area contributed by atoms with Crippen LogP contribution in [0.4, 0.5) is 5.82 Å². The van der Waals surface area contributed by atoms with Gasteiger partial charge >= 0.3 is 5.97 Å². The molecule has 1 atom stereocenters. The zero-order valence-corrected chi connectivity index (χ0v) is 11.1. The molecular formula is C11H17N3O2S. The number of ether oxygens (including phenoxy) is 1. The van der Waals surface area contributed by atoms with Gasteiger partial charge in [-0.3, -0.25) is 4.79 Å². The maximum absolute atomic E-state index is 11.5. The number of rotatable bonds is 5. The second-order valence-electron chi connectivity index (χ2n) is 3.64. The van der Waals surface area contributed by atoms with E-state index >= 15 is 0 Å². The number of hydrogen-bond donors (Lipinski definition) is 1. The van der Waals surface area contributed by atoms with Crippen molar-refractivity contribution in [2.75, 3.05) is 12.3 Å². The summed E-state index contributed by atoms with van der Waals surface area (Å²) in [5, 5.41) is 0.172. The van der Waals surface area contributed by atoms with Crippen molar-refractivity contribution in [2.45, 2.75) is 37.6 Å². The van der Waals surface area contributed by atoms with Gasteiger partial charge in [-0.25, -0.2) is 9.97 Å². The number of nitrogen functional groups attached to an aromatic ring is 1. The van der Waals surface area contributed by atoms with Gasteiger partial charge in [-0.05, 0) is 20.3 Å². The third-order valence-corrected chi connectivity index (χ3v) is 2.86. The molecule has 0 spiro atoms. The molecule has 1 unspecified atom stereocenters. The average molecular weight is 255 g/mol. The standard InChI is InChI=1S/C11H17N3O2S/c1-4-5-16-10(15)8(3)17-11-13-7(2)6-9(12)14-11/h6,8H,4-5H2,1-3H3,(H2,12,13,14). The number of anilines is 1. The molecular weight excluding hydrogens is 238 g/mol. The molecule has 1 rings (SSSR count). The molecule has 6 heteroatoms. The van der Waals surface area contributed by atoms with Crippen molar-refractivity contribution in [3.05, 3.63) is 11.8 Å². The fourth-order valence-electron chi connectivity index (χ4n) is 1.14. The van der Waals surface area contributed by atoms with Crippen LogP contribution >= 0.6 is 11.8 Å². The number of esters is 1. The zero-order chi connectivity index (χ0) is 12.8. The zero-order valence-electron chi connectivity index (χ0n) is 10.3. The van der Waals surface area contributed by atoms with Crippen molar-refractivity contribution in [1.82, 2.24) is 9.97 Å². The molecule has 0 aliphatic carbocycles. The second-order valence-corrected chi connectivity index (χ2v) is 4.95. The van der Waals surface area contributed by atoms with Crippen molar-refractivity contribution in [2.24, 2.45) is 0 Å². The third-order valence-electron chi connectivity index (χ3n) is 1.92. The van der Waals surface area contributed by atoms with Gasteiger partial charge in [0, 0.05) is 11.8 Å². The third kappa shape index (κ3) is 4.60. The van der Waals surface area contributed by atoms with Crippen LogP contribution in [0.1, 0.15) is 26.0 Å². The number of aryl methyl sites for hydroxylation is 1. The van der Waals surface area contributed by atoms with Crippen LogP contribution in [0.5, 0.6) is 0 Å². The molecule has 0 saturated heterocycles. The lowest BCUT2D eigenvalue weighted by molar-refractivity contribution is -0.142. The Hall–Kier alpha value is -1.30. The van der Waals surface area contributed by atoms with E-state index in [2.05, 4.69) is 9.97 Å². The van der Waals surface area contributed by atoms with Crippen LogP contribution in [0.3, 0.4) is 0 Å². The van der Waals surface area contributed by atoms with E-state index in [1.165, 1.54) is 11.8 Å². The molecule has 0 radical (unpaired) electrons. The first kappa shape index (κ1) is 13.8. The number of carbonyl (C=O) groups excluding carboxylic acids is 1. The topological polar surface area (TPSA) is 78.1 Å². The highest BCUT2D eigenvalue weighted by Crippen LogP contribution is 2.21. The quantitative estimate of drug-likeness (QED) is 0.491. The highest BCUT2D eigenvalue weighted by molar-refractivity contribution is 8.00. The van der Waals surface area contributed by atoms with E-state index in [0.29, 0.717) is 17.6 Å². The molecule has 0 saturated carbocycles. The van der Waals surface area contributed by atoms with Gasteiger partial charge in [-0.15, -0.1) is 0 Å². The number of nitrogens with two attached hydrogens (primary N) is 1. The largest absolute Gasteiger partial charge is 0.465 e. The number of aromatic nitrogens is 2. The van der Waals surface area contributed by atoms with Gasteiger partial charge in [0.15, 0.2) is 5.16 Å². The molecule has 1 heterocycles. The Morgan fingerprint density at radius 1 is 1.59 bits per heavy atom. The fourth-order valence-corrected chi connectivity index (χ4v) is 1.98. The molecule has 17 heavy (non-hydrogen) atoms. The first-order chi connectivity index (χ1) is 8.02. The Bertz CT molecular complexity index is 378. The maximum Gasteiger partial charge on any atom is 0.319 e. The van der Waals surface area contributed by atoms with E-state index in [0.717, 1.165) is 12.1 Å². The summed E-state index contributed by atoms with van der Waals surface area (Å²) in [6.07, 6.45) is 0.816. The Labute approximate surface area is 105 Å². The first-order valence-corrected chi connectivity index (χ1v) is 6.35. The molecule has 0 amide bonds. The van der Waals surface area contributed by atoms with Crippen LogP contribution in [-0.2, 0) is 9.53 Å². The molecule has 0 bridgehead atoms. The number of hydrogen-bond acceptors (Lipinski definition) is 6. The van der Waals surface area contributed by atoms with Crippen LogP contribution in [0.25, 0.3) is 0 Å². The lowest BCUT2D eigenvalue weighted by Crippen LogP contribution is -2.17. The van der Waals surface area contributed by atoms with E-state index in [1.54, 1.807) is 13.0 Å². The lowest BCUT2D eigenvalue weighted by atomic mass is 10.4. The van der Waals surface area contributed by atoms with Crippen molar-refractivity contribution < 1.29 is 9.53 Å². The molecule has 5 nitrogen and oxygen atoms in total. The van der Waals surface area contributed by atoms with Gasteiger partial charge in [0.2, 0.25) is 0 Å². The minimum Gasteiger partial charge on any atom is -0.465 e. The summed E-state index contributed by atoms with van der Waals surface area (Å²) >= 11 is 1.25. The van der Waals surface area contributed by atoms with E-state index in [1.807, 2.05) is 13.8 Å². The molecule has 1 aromatic heterocycles. The molecule has 0 fully saturated rings. The summed E-state index contributed by atoms with van der Waals surface area (Å²) < 4.78 is 5.04. The summed E-state index contributed by atoms with van der Waals surface area (Å²) in [7, 11) is 0. The number of thioether (sulfide) groups is 1. The van der Waals surface area contributed by atoms with Crippen molar-refractivity contribution in [3.63, 3.8) is 0 Å². The van der Waals surface area contributed by atoms with Gasteiger partial charge in [-0.2, -0.15) is 0 Å². The van der Waals surface area contributed by atoms with Gasteiger partial charge in [0.25, 0.3) is 0 Å². The smallest absolute Gasteiger partial charge is 0.319 e. The predicted octanol–water partition coefficient (Wildman–Crippen LogP) is 1.80. The summed E-state index contributed by atoms with van der Waals surface area (Å²) in [5.74, 6) is 0.162. The average Bonchev–Trinajstić information content (AvgIpc) is 2.24. The Kier molecular flexibility index (Phi) is 5.21. The van der Waals surface area contributed by atoms with Gasteiger partial charge in [-0.1, -0.05) is 18.7 Å². The van der Waals surface area contributed by atoms with Gasteiger partial charge in [0.1, 0.15) is 11.1 Å². The molecule has 0 aliphatic heterocycles. The summed E-state index contributed by atoms with van der Waals surface area (Å²) in [5.41, 5.74) is 6.40. The summed E-state index contributed by atoms with van der Waals surface area (Å²) in [4.78, 5) is 19.8. The van der Waals surface area contributed by atoms with E-state index in [9.17, 15) is 4.79 Å². The highest BCUT2D eigenvalue weighted by atomic mass is 32.2. The molecule has 1 aromatic rings. The normalized spacial score (nSPS) is 12.2. The van der Waals surface area contributed by atoms with Crippen LogP contribution < -0.4 is 5.73 Å². The highest BCUT2D eigenvalue weighted by Gasteiger charge is 2.17. The maximum atomic E-state index is 11.5. The fraction of sp³-hybridized carbons (Fsp3) is 0.545. The molecule has 2 N–H and O–H groups in total. The van der Waals surface area contributed by atoms with E-state index < -0.39 is 0 Å². The minimum atomic E-state index is -0.331. The number of carbonyl (C=O) groups is 1. The molecule has 0 aromatic carbocycles. The lowest BCUT2D eigenvalue weighted by Gasteiger charge is -2.10. The minimum absolute atomic E-state index is 0.250. The van der Waals surface area contributed by atoms with Gasteiger partial charge < -0.3 is 10.5 Å². The van der Waals surface area contributed by atoms with Gasteiger partial charge in [0.05, 0.1) is 6.61 Å². The van der Waals surface area contributed by atoms with E-state index in [4.69, 9.17) is 10.5 Å². The summed E-state index contributed by atoms with van der Waals surface area (Å²) in [6, 6.07) is 1.68. The SMILES string of the molecule is CCCOC(=O)C(C)Sc1nc(C)cc(N)n1. The summed E-state index contributed by atoms with van der Waals surface area (Å²) in [6.45, 7) is 6.00. The Morgan fingerprint density at radius 2 is 2.29 bits per heavy atom. The Balaban J connectivity index is 2.60. The van der Waals surface area contributed by atoms with Crippen LogP contribution in [0.15, 0.2) is 11.2 Å². The van der Waals surface area contributed by atoms with Crippen molar-refractivity contribution in [1.29, 1.82) is 0 Å². The monoisotopic (exact) mass is 255 g/mol. The predicted molar refractivity (Wildman–Crippen MR) is 67.8 cm³/mol. The van der Waals surface area contributed by atoms with Crippen molar-refractivity contribution >= 4 is 23.5 Å². The van der Waals surface area contributed by atoms with Crippen LogP contribution in [0.2, 0.25) is 0 Å². The molecule has 0 aliphatic rings. The van der Waals surface area contributed by atoms with Crippen LogP contribution in [-0.4, -0.2) is 27.8 Å². The van der Waals surface area contributed by atoms with E-state index in [-0.39, 0.29) is 11.2 Å². The number of nitrogens with zero attached hydrogens (tertiary/aromatic N) is 2. The second kappa shape index (κ2) is 6.44. The Morgan fingerprint density at radius 3 is 2.88 bits per heavy atom. The van der Waals surface area contributed by atoms with Crippen LogP contribution in [0, 0.1) is 6.92 Å². The molecule has 94 valence electrons.